The third-order valence-electron chi connectivity index (χ3n) is 4.68. The van der Waals surface area contributed by atoms with E-state index in [2.05, 4.69) is 76.1 Å². The van der Waals surface area contributed by atoms with E-state index in [0.717, 1.165) is 28.8 Å². The maximum absolute atomic E-state index is 4.50. The molecule has 140 valence electrons. The van der Waals surface area contributed by atoms with Gasteiger partial charge in [-0.15, -0.1) is 10.2 Å². The molecule has 4 rings (SSSR count). The molecule has 0 radical (unpaired) electrons. The van der Waals surface area contributed by atoms with E-state index in [1.165, 1.54) is 22.3 Å². The molecule has 0 saturated heterocycles. The lowest BCUT2D eigenvalue weighted by Crippen LogP contribution is -2.04. The highest BCUT2D eigenvalue weighted by Crippen LogP contribution is 2.28. The van der Waals surface area contributed by atoms with Crippen LogP contribution in [0.25, 0.3) is 11.4 Å². The number of hydrogen-bond donors (Lipinski definition) is 0. The number of hydrogen-bond acceptors (Lipinski definition) is 4. The number of benzene rings is 2. The highest BCUT2D eigenvalue weighted by molar-refractivity contribution is 7.98. The van der Waals surface area contributed by atoms with Gasteiger partial charge in [-0.3, -0.25) is 9.55 Å². The summed E-state index contributed by atoms with van der Waals surface area (Å²) in [6.07, 6.45) is 3.61. The van der Waals surface area contributed by atoms with Gasteiger partial charge in [0.15, 0.2) is 11.0 Å². The van der Waals surface area contributed by atoms with Crippen molar-refractivity contribution in [2.75, 3.05) is 0 Å². The molecule has 0 N–H and O–H groups in total. The van der Waals surface area contributed by atoms with E-state index in [1.807, 2.05) is 24.4 Å². The minimum absolute atomic E-state index is 0.729. The van der Waals surface area contributed by atoms with Crippen molar-refractivity contribution in [2.24, 2.45) is 0 Å². The van der Waals surface area contributed by atoms with Crippen LogP contribution in [0, 0.1) is 13.8 Å². The lowest BCUT2D eigenvalue weighted by atomic mass is 10.1. The van der Waals surface area contributed by atoms with Crippen molar-refractivity contribution in [3.05, 3.63) is 95.3 Å². The van der Waals surface area contributed by atoms with E-state index in [1.54, 1.807) is 18.0 Å². The fourth-order valence-corrected chi connectivity index (χ4v) is 4.11. The van der Waals surface area contributed by atoms with Crippen LogP contribution in [0.2, 0.25) is 0 Å². The Morgan fingerprint density at radius 2 is 1.79 bits per heavy atom. The predicted octanol–water partition coefficient (Wildman–Crippen LogP) is 5.30. The molecule has 0 fully saturated rings. The van der Waals surface area contributed by atoms with Crippen LogP contribution in [0.4, 0.5) is 0 Å². The Morgan fingerprint density at radius 3 is 2.57 bits per heavy atom. The second kappa shape index (κ2) is 8.40. The van der Waals surface area contributed by atoms with Gasteiger partial charge < -0.3 is 0 Å². The minimum atomic E-state index is 0.729. The molecule has 2 aromatic heterocycles. The van der Waals surface area contributed by atoms with Crippen LogP contribution in [0.15, 0.2) is 78.2 Å². The molecule has 4 aromatic rings. The van der Waals surface area contributed by atoms with Gasteiger partial charge in [-0.2, -0.15) is 0 Å². The van der Waals surface area contributed by atoms with Crippen molar-refractivity contribution in [1.29, 1.82) is 0 Å². The second-order valence-electron chi connectivity index (χ2n) is 6.84. The Morgan fingerprint density at radius 1 is 0.929 bits per heavy atom. The summed E-state index contributed by atoms with van der Waals surface area (Å²) in [5, 5.41) is 9.91. The summed E-state index contributed by atoms with van der Waals surface area (Å²) in [4.78, 5) is 4.25. The molecule has 0 amide bonds. The lowest BCUT2D eigenvalue weighted by molar-refractivity contribution is 0.714. The molecular formula is C23H22N4S. The van der Waals surface area contributed by atoms with Gasteiger partial charge >= 0.3 is 0 Å². The summed E-state index contributed by atoms with van der Waals surface area (Å²) in [5.41, 5.74) is 6.12. The zero-order valence-electron chi connectivity index (χ0n) is 16.0. The van der Waals surface area contributed by atoms with E-state index >= 15 is 0 Å². The third-order valence-corrected chi connectivity index (χ3v) is 5.70. The monoisotopic (exact) mass is 386 g/mol. The smallest absolute Gasteiger partial charge is 0.192 e. The van der Waals surface area contributed by atoms with Gasteiger partial charge in [-0.25, -0.2) is 0 Å². The SMILES string of the molecule is Cc1ccc(C)c(CSc2nnc(-c3cccnc3)n2Cc2ccccc2)c1. The molecule has 2 aromatic carbocycles. The van der Waals surface area contributed by atoms with E-state index in [0.29, 0.717) is 0 Å². The largest absolute Gasteiger partial charge is 0.297 e. The van der Waals surface area contributed by atoms with Crippen LogP contribution < -0.4 is 0 Å². The van der Waals surface area contributed by atoms with Crippen LogP contribution in [-0.4, -0.2) is 19.7 Å². The average molecular weight is 387 g/mol. The Labute approximate surface area is 169 Å². The molecule has 0 bridgehead atoms. The Bertz CT molecular complexity index is 1060. The van der Waals surface area contributed by atoms with Gasteiger partial charge in [-0.1, -0.05) is 65.9 Å². The number of pyridine rings is 1. The minimum Gasteiger partial charge on any atom is -0.297 e. The van der Waals surface area contributed by atoms with Gasteiger partial charge in [0.2, 0.25) is 0 Å². The van der Waals surface area contributed by atoms with Crippen molar-refractivity contribution in [2.45, 2.75) is 31.3 Å². The van der Waals surface area contributed by atoms with E-state index in [4.69, 9.17) is 0 Å². The van der Waals surface area contributed by atoms with Crippen LogP contribution in [-0.2, 0) is 12.3 Å². The molecule has 2 heterocycles. The first-order chi connectivity index (χ1) is 13.7. The van der Waals surface area contributed by atoms with Crippen LogP contribution in [0.3, 0.4) is 0 Å². The zero-order valence-corrected chi connectivity index (χ0v) is 16.9. The molecule has 4 nitrogen and oxygen atoms in total. The van der Waals surface area contributed by atoms with Crippen molar-refractivity contribution in [1.82, 2.24) is 19.7 Å². The predicted molar refractivity (Wildman–Crippen MR) is 114 cm³/mol. The summed E-state index contributed by atoms with van der Waals surface area (Å²) in [5.74, 6) is 1.72. The average Bonchev–Trinajstić information content (AvgIpc) is 3.12. The first-order valence-electron chi connectivity index (χ1n) is 9.27. The fraction of sp³-hybridized carbons (Fsp3) is 0.174. The Kier molecular flexibility index (Phi) is 5.53. The summed E-state index contributed by atoms with van der Waals surface area (Å²) >= 11 is 1.73. The molecule has 0 aliphatic carbocycles. The van der Waals surface area contributed by atoms with Gasteiger partial charge in [-0.05, 0) is 42.7 Å². The molecule has 28 heavy (non-hydrogen) atoms. The van der Waals surface area contributed by atoms with Gasteiger partial charge in [0.05, 0.1) is 6.54 Å². The van der Waals surface area contributed by atoms with Crippen molar-refractivity contribution >= 4 is 11.8 Å². The van der Waals surface area contributed by atoms with Crippen LogP contribution >= 0.6 is 11.8 Å². The molecule has 0 atom stereocenters. The van der Waals surface area contributed by atoms with Crippen LogP contribution in [0.1, 0.15) is 22.3 Å². The number of nitrogens with zero attached hydrogens (tertiary/aromatic N) is 4. The highest BCUT2D eigenvalue weighted by atomic mass is 32.2. The quantitative estimate of drug-likeness (QED) is 0.422. The molecular weight excluding hydrogens is 364 g/mol. The van der Waals surface area contributed by atoms with Gasteiger partial charge in [0.1, 0.15) is 0 Å². The normalized spacial score (nSPS) is 10.9. The first kappa shape index (κ1) is 18.4. The summed E-state index contributed by atoms with van der Waals surface area (Å²) in [6.45, 7) is 5.02. The number of rotatable bonds is 6. The number of aromatic nitrogens is 4. The van der Waals surface area contributed by atoms with E-state index in [-0.39, 0.29) is 0 Å². The van der Waals surface area contributed by atoms with Crippen molar-refractivity contribution in [3.63, 3.8) is 0 Å². The van der Waals surface area contributed by atoms with Crippen molar-refractivity contribution in [3.8, 4) is 11.4 Å². The summed E-state index contributed by atoms with van der Waals surface area (Å²) < 4.78 is 2.18. The Balaban J connectivity index is 1.66. The van der Waals surface area contributed by atoms with E-state index < -0.39 is 0 Å². The number of aryl methyl sites for hydroxylation is 2. The van der Waals surface area contributed by atoms with Gasteiger partial charge in [0, 0.05) is 23.7 Å². The zero-order chi connectivity index (χ0) is 19.3. The van der Waals surface area contributed by atoms with Crippen LogP contribution in [0.5, 0.6) is 0 Å². The second-order valence-corrected chi connectivity index (χ2v) is 7.78. The third kappa shape index (κ3) is 4.15. The molecule has 5 heteroatoms. The number of thioether (sulfide) groups is 1. The summed E-state index contributed by atoms with van der Waals surface area (Å²) in [6, 6.07) is 21.0. The van der Waals surface area contributed by atoms with Crippen molar-refractivity contribution < 1.29 is 0 Å². The summed E-state index contributed by atoms with van der Waals surface area (Å²) in [7, 11) is 0. The Hall–Kier alpha value is -2.92. The maximum Gasteiger partial charge on any atom is 0.192 e. The fourth-order valence-electron chi connectivity index (χ4n) is 3.11. The molecule has 0 saturated carbocycles. The molecule has 0 spiro atoms. The van der Waals surface area contributed by atoms with Gasteiger partial charge in [0.25, 0.3) is 0 Å². The standard InChI is InChI=1S/C23H22N4S/c1-17-10-11-18(2)21(13-17)16-28-23-26-25-22(20-9-6-12-24-14-20)27(23)15-19-7-4-3-5-8-19/h3-14H,15-16H2,1-2H3. The lowest BCUT2D eigenvalue weighted by Gasteiger charge is -2.11. The molecule has 0 aliphatic heterocycles. The topological polar surface area (TPSA) is 43.6 Å². The molecule has 0 aliphatic rings. The molecule has 0 unspecified atom stereocenters. The first-order valence-corrected chi connectivity index (χ1v) is 10.3. The maximum atomic E-state index is 4.50. The highest BCUT2D eigenvalue weighted by Gasteiger charge is 2.15. The van der Waals surface area contributed by atoms with E-state index in [9.17, 15) is 0 Å².